The van der Waals surface area contributed by atoms with Crippen LogP contribution in [0.2, 0.25) is 0 Å². The summed E-state index contributed by atoms with van der Waals surface area (Å²) >= 11 is 0.966. The van der Waals surface area contributed by atoms with Gasteiger partial charge < -0.3 is 5.32 Å². The Morgan fingerprint density at radius 3 is 2.85 bits per heavy atom. The molecule has 0 fully saturated rings. The van der Waals surface area contributed by atoms with Gasteiger partial charge in [-0.15, -0.1) is 11.3 Å². The van der Waals surface area contributed by atoms with Crippen LogP contribution in [0.3, 0.4) is 0 Å². The normalized spacial score (nSPS) is 15.6. The molecular weight excluding hydrogens is 213 g/mol. The van der Waals surface area contributed by atoms with Crippen LogP contribution in [0.5, 0.6) is 0 Å². The molecule has 0 spiro atoms. The predicted molar refractivity (Wildman–Crippen MR) is 50.4 cm³/mol. The van der Waals surface area contributed by atoms with Crippen LogP contribution >= 0.6 is 11.3 Å². The zero-order chi connectivity index (χ0) is 10.1. The fourth-order valence-electron chi connectivity index (χ4n) is 0.866. The lowest BCUT2D eigenvalue weighted by Crippen LogP contribution is -2.09. The van der Waals surface area contributed by atoms with E-state index in [2.05, 4.69) is 5.32 Å². The summed E-state index contributed by atoms with van der Waals surface area (Å²) < 4.78 is 30.9. The summed E-state index contributed by atoms with van der Waals surface area (Å²) in [4.78, 5) is 0.681. The van der Waals surface area contributed by atoms with Crippen molar-refractivity contribution in [3.63, 3.8) is 0 Å². The average molecular weight is 223 g/mol. The molecule has 1 heterocycles. The van der Waals surface area contributed by atoms with Gasteiger partial charge in [0, 0.05) is 11.4 Å². The highest BCUT2D eigenvalue weighted by Crippen LogP contribution is 2.24. The Kier molecular flexibility index (Phi) is 3.01. The topological polar surface area (TPSA) is 79.0 Å². The minimum atomic E-state index is -3.42. The fourth-order valence-corrected chi connectivity index (χ4v) is 2.80. The molecule has 4 nitrogen and oxygen atoms in total. The molecule has 74 valence electrons. The second kappa shape index (κ2) is 3.70. The lowest BCUT2D eigenvalue weighted by atomic mass is 10.4. The number of hydrogen-bond donors (Lipinski definition) is 3. The number of nitrogens with two attached hydrogens (primary N) is 1. The van der Waals surface area contributed by atoms with Crippen LogP contribution in [0.1, 0.15) is 4.88 Å². The van der Waals surface area contributed by atoms with Crippen LogP contribution in [-0.2, 0) is 16.5 Å². The molecule has 0 aliphatic rings. The first-order chi connectivity index (χ1) is 5.95. The predicted octanol–water partition coefficient (Wildman–Crippen LogP) is 0.886. The fraction of sp³-hybridized carbons (Fsp3) is 0.333. The largest absolute Gasteiger partial charge is 0.315 e. The van der Waals surface area contributed by atoms with Gasteiger partial charge in [0.1, 0.15) is 9.92 Å². The van der Waals surface area contributed by atoms with Gasteiger partial charge >= 0.3 is 0 Å². The van der Waals surface area contributed by atoms with Crippen LogP contribution in [0.4, 0.5) is 4.39 Å². The molecule has 0 aromatic carbocycles. The number of thiophene rings is 1. The smallest absolute Gasteiger partial charge is 0.152 e. The maximum absolute atomic E-state index is 13.0. The second-order valence-corrected chi connectivity index (χ2v) is 5.48. The monoisotopic (exact) mass is 223 g/mol. The molecule has 1 rings (SSSR count). The highest BCUT2D eigenvalue weighted by molar-refractivity contribution is 7.92. The molecule has 1 unspecified atom stereocenters. The van der Waals surface area contributed by atoms with Gasteiger partial charge in [0.2, 0.25) is 0 Å². The van der Waals surface area contributed by atoms with E-state index in [0.717, 1.165) is 11.3 Å². The Hall–Kier alpha value is -0.500. The van der Waals surface area contributed by atoms with Crippen molar-refractivity contribution >= 4 is 21.3 Å². The number of nitrogens with one attached hydrogen (secondary N) is 2. The van der Waals surface area contributed by atoms with E-state index < -0.39 is 15.7 Å². The molecule has 0 bridgehead atoms. The number of rotatable bonds is 3. The molecule has 0 saturated heterocycles. The third-order valence-electron chi connectivity index (χ3n) is 1.33. The highest BCUT2D eigenvalue weighted by atomic mass is 32.2. The lowest BCUT2D eigenvalue weighted by Gasteiger charge is -1.94. The molecule has 1 atom stereocenters. The SMILES string of the molecule is CNCc1cc(F)c(S(=N)(N)=O)s1. The third-order valence-corrected chi connectivity index (χ3v) is 3.98. The zero-order valence-corrected chi connectivity index (χ0v) is 8.60. The molecule has 0 amide bonds. The van der Waals surface area contributed by atoms with Crippen LogP contribution in [0, 0.1) is 10.6 Å². The van der Waals surface area contributed by atoms with Gasteiger partial charge in [0.05, 0.1) is 0 Å². The highest BCUT2D eigenvalue weighted by Gasteiger charge is 2.15. The Bertz CT molecular complexity index is 398. The van der Waals surface area contributed by atoms with Crippen molar-refractivity contribution in [3.05, 3.63) is 16.8 Å². The molecule has 4 N–H and O–H groups in total. The minimum absolute atomic E-state index is 0.183. The quantitative estimate of drug-likeness (QED) is 0.711. The molecule has 0 aliphatic heterocycles. The van der Waals surface area contributed by atoms with E-state index in [4.69, 9.17) is 9.92 Å². The summed E-state index contributed by atoms with van der Waals surface area (Å²) in [6.07, 6.45) is 0. The van der Waals surface area contributed by atoms with E-state index in [1.165, 1.54) is 6.07 Å². The zero-order valence-electron chi connectivity index (χ0n) is 6.96. The Balaban J connectivity index is 3.11. The summed E-state index contributed by atoms with van der Waals surface area (Å²) in [6.45, 7) is 0.483. The number of hydrogen-bond acceptors (Lipinski definition) is 4. The van der Waals surface area contributed by atoms with E-state index in [1.807, 2.05) is 0 Å². The lowest BCUT2D eigenvalue weighted by molar-refractivity contribution is 0.603. The van der Waals surface area contributed by atoms with Crippen molar-refractivity contribution < 1.29 is 8.60 Å². The van der Waals surface area contributed by atoms with Crippen molar-refractivity contribution in [2.45, 2.75) is 10.8 Å². The summed E-state index contributed by atoms with van der Waals surface area (Å²) in [6, 6.07) is 1.25. The molecular formula is C6H10FN3OS2. The first-order valence-corrected chi connectivity index (χ1v) is 5.88. The van der Waals surface area contributed by atoms with Crippen molar-refractivity contribution in [1.82, 2.24) is 5.32 Å². The van der Waals surface area contributed by atoms with Gasteiger partial charge in [-0.05, 0) is 13.1 Å². The third kappa shape index (κ3) is 2.47. The van der Waals surface area contributed by atoms with Crippen LogP contribution in [0.15, 0.2) is 10.3 Å². The first kappa shape index (κ1) is 10.6. The first-order valence-electron chi connectivity index (χ1n) is 3.44. The molecule has 1 aromatic heterocycles. The van der Waals surface area contributed by atoms with Gasteiger partial charge in [-0.25, -0.2) is 18.5 Å². The van der Waals surface area contributed by atoms with Gasteiger partial charge in [-0.2, -0.15) is 0 Å². The summed E-state index contributed by atoms with van der Waals surface area (Å²) in [5, 5.41) is 7.84. The van der Waals surface area contributed by atoms with E-state index in [1.54, 1.807) is 7.05 Å². The summed E-state index contributed by atoms with van der Waals surface area (Å²) in [5.41, 5.74) is 0. The Morgan fingerprint density at radius 2 is 2.46 bits per heavy atom. The molecule has 0 aliphatic carbocycles. The van der Waals surface area contributed by atoms with Gasteiger partial charge in [-0.3, -0.25) is 0 Å². The van der Waals surface area contributed by atoms with Crippen LogP contribution < -0.4 is 10.5 Å². The van der Waals surface area contributed by atoms with Gasteiger partial charge in [-0.1, -0.05) is 0 Å². The molecule has 7 heteroatoms. The molecule has 1 aromatic rings. The summed E-state index contributed by atoms with van der Waals surface area (Å²) in [5.74, 6) is -0.655. The molecule has 0 radical (unpaired) electrons. The van der Waals surface area contributed by atoms with Crippen molar-refractivity contribution in [3.8, 4) is 0 Å². The van der Waals surface area contributed by atoms with E-state index >= 15 is 0 Å². The summed E-state index contributed by atoms with van der Waals surface area (Å²) in [7, 11) is -1.70. The van der Waals surface area contributed by atoms with Gasteiger partial charge in [0.15, 0.2) is 10.0 Å². The molecule has 13 heavy (non-hydrogen) atoms. The Labute approximate surface area is 80.1 Å². The standard InChI is InChI=1S/C6H10FN3OS2/c1-10-3-4-2-5(7)6(12-4)13(8,9)11/h2,10H,3H2,1H3,(H3,8,9,11). The van der Waals surface area contributed by atoms with Crippen molar-refractivity contribution in [2.24, 2.45) is 5.14 Å². The Morgan fingerprint density at radius 1 is 1.85 bits per heavy atom. The second-order valence-electron chi connectivity index (χ2n) is 2.48. The molecule has 0 saturated carbocycles. The van der Waals surface area contributed by atoms with Crippen LogP contribution in [-0.4, -0.2) is 11.3 Å². The van der Waals surface area contributed by atoms with E-state index in [-0.39, 0.29) is 4.21 Å². The van der Waals surface area contributed by atoms with Crippen molar-refractivity contribution in [2.75, 3.05) is 7.05 Å². The van der Waals surface area contributed by atoms with Crippen LogP contribution in [0.25, 0.3) is 0 Å². The average Bonchev–Trinajstić information content (AvgIpc) is 2.30. The van der Waals surface area contributed by atoms with E-state index in [9.17, 15) is 8.60 Å². The minimum Gasteiger partial charge on any atom is -0.315 e. The number of halogens is 1. The maximum atomic E-state index is 13.0. The van der Waals surface area contributed by atoms with E-state index in [0.29, 0.717) is 11.4 Å². The van der Waals surface area contributed by atoms with Crippen molar-refractivity contribution in [1.29, 1.82) is 4.78 Å². The van der Waals surface area contributed by atoms with Gasteiger partial charge in [0.25, 0.3) is 0 Å². The maximum Gasteiger partial charge on any atom is 0.152 e.